The molecule has 1 aliphatic heterocycles. The largest absolute Gasteiger partial charge is 0.348 e. The summed E-state index contributed by atoms with van der Waals surface area (Å²) in [4.78, 5) is 20.3. The second kappa shape index (κ2) is 6.03. The average molecular weight is 320 g/mol. The fraction of sp³-hybridized carbons (Fsp3) is 0.333. The number of rotatable bonds is 3. The fourth-order valence-electron chi connectivity index (χ4n) is 3.33. The lowest BCUT2D eigenvalue weighted by molar-refractivity contribution is 0.681. The highest BCUT2D eigenvalue weighted by Crippen LogP contribution is 2.34. The van der Waals surface area contributed by atoms with Crippen LogP contribution < -0.4 is 4.90 Å². The van der Waals surface area contributed by atoms with Gasteiger partial charge in [0.15, 0.2) is 0 Å². The molecule has 6 nitrogen and oxygen atoms in total. The molecule has 24 heavy (non-hydrogen) atoms. The van der Waals surface area contributed by atoms with E-state index in [1.807, 2.05) is 42.9 Å². The molecule has 0 amide bonds. The van der Waals surface area contributed by atoms with Gasteiger partial charge in [-0.05, 0) is 44.9 Å². The highest BCUT2D eigenvalue weighted by Gasteiger charge is 2.28. The number of aryl methyl sites for hydroxylation is 2. The number of hydrogen-bond acceptors (Lipinski definition) is 5. The third kappa shape index (κ3) is 2.64. The number of anilines is 1. The molecule has 4 heterocycles. The topological polar surface area (TPSA) is 59.7 Å². The highest BCUT2D eigenvalue weighted by molar-refractivity contribution is 5.43. The van der Waals surface area contributed by atoms with Crippen molar-refractivity contribution in [2.24, 2.45) is 0 Å². The quantitative estimate of drug-likeness (QED) is 0.742. The van der Waals surface area contributed by atoms with Gasteiger partial charge in [-0.1, -0.05) is 6.07 Å². The summed E-state index contributed by atoms with van der Waals surface area (Å²) >= 11 is 0. The van der Waals surface area contributed by atoms with Gasteiger partial charge in [-0.3, -0.25) is 4.57 Å². The number of imidazole rings is 1. The molecule has 122 valence electrons. The Hall–Kier alpha value is -2.76. The SMILES string of the molecule is Cc1nccc(N2CCCC2c2cccc(-n3ccnc3C)n2)n1. The van der Waals surface area contributed by atoms with E-state index in [2.05, 4.69) is 32.0 Å². The first kappa shape index (κ1) is 14.8. The minimum absolute atomic E-state index is 0.253. The van der Waals surface area contributed by atoms with Gasteiger partial charge in [-0.2, -0.15) is 0 Å². The molecule has 6 heteroatoms. The smallest absolute Gasteiger partial charge is 0.138 e. The van der Waals surface area contributed by atoms with Gasteiger partial charge in [0.1, 0.15) is 23.3 Å². The van der Waals surface area contributed by atoms with Crippen molar-refractivity contribution in [2.75, 3.05) is 11.4 Å². The van der Waals surface area contributed by atoms with Crippen molar-refractivity contribution in [1.29, 1.82) is 0 Å². The Morgan fingerprint density at radius 3 is 2.71 bits per heavy atom. The third-order valence-corrected chi connectivity index (χ3v) is 4.48. The summed E-state index contributed by atoms with van der Waals surface area (Å²) in [6, 6.07) is 8.43. The summed E-state index contributed by atoms with van der Waals surface area (Å²) in [5.74, 6) is 3.63. The Labute approximate surface area is 141 Å². The first-order valence-corrected chi connectivity index (χ1v) is 8.26. The molecule has 3 aromatic heterocycles. The summed E-state index contributed by atoms with van der Waals surface area (Å²) in [6.07, 6.45) is 7.80. The van der Waals surface area contributed by atoms with E-state index in [1.54, 1.807) is 6.20 Å². The van der Waals surface area contributed by atoms with Gasteiger partial charge in [0, 0.05) is 25.1 Å². The van der Waals surface area contributed by atoms with Gasteiger partial charge in [0.25, 0.3) is 0 Å². The molecule has 0 aromatic carbocycles. The van der Waals surface area contributed by atoms with Gasteiger partial charge in [0.05, 0.1) is 11.7 Å². The Bertz CT molecular complexity index is 856. The molecule has 0 bridgehead atoms. The van der Waals surface area contributed by atoms with Crippen molar-refractivity contribution < 1.29 is 0 Å². The van der Waals surface area contributed by atoms with E-state index >= 15 is 0 Å². The van der Waals surface area contributed by atoms with Crippen LogP contribution in [0.2, 0.25) is 0 Å². The van der Waals surface area contributed by atoms with Crippen molar-refractivity contribution in [2.45, 2.75) is 32.7 Å². The van der Waals surface area contributed by atoms with Gasteiger partial charge in [-0.15, -0.1) is 0 Å². The Morgan fingerprint density at radius 2 is 1.92 bits per heavy atom. The highest BCUT2D eigenvalue weighted by atomic mass is 15.2. The van der Waals surface area contributed by atoms with E-state index in [0.29, 0.717) is 0 Å². The van der Waals surface area contributed by atoms with Crippen molar-refractivity contribution in [3.8, 4) is 5.82 Å². The maximum absolute atomic E-state index is 4.89. The molecule has 0 aliphatic carbocycles. The zero-order chi connectivity index (χ0) is 16.5. The number of hydrogen-bond donors (Lipinski definition) is 0. The molecule has 1 saturated heterocycles. The summed E-state index contributed by atoms with van der Waals surface area (Å²) in [5, 5.41) is 0. The van der Waals surface area contributed by atoms with E-state index in [1.165, 1.54) is 0 Å². The van der Waals surface area contributed by atoms with Crippen LogP contribution in [0.15, 0.2) is 42.9 Å². The monoisotopic (exact) mass is 320 g/mol. The molecule has 0 N–H and O–H groups in total. The Morgan fingerprint density at radius 1 is 1.00 bits per heavy atom. The summed E-state index contributed by atoms with van der Waals surface area (Å²) < 4.78 is 2.01. The average Bonchev–Trinajstić information content (AvgIpc) is 3.24. The zero-order valence-corrected chi connectivity index (χ0v) is 13.9. The zero-order valence-electron chi connectivity index (χ0n) is 13.9. The van der Waals surface area contributed by atoms with Crippen molar-refractivity contribution in [3.05, 3.63) is 60.2 Å². The first-order chi connectivity index (χ1) is 11.7. The second-order valence-electron chi connectivity index (χ2n) is 6.08. The number of aromatic nitrogens is 5. The molecule has 1 unspecified atom stereocenters. The van der Waals surface area contributed by atoms with E-state index < -0.39 is 0 Å². The first-order valence-electron chi connectivity index (χ1n) is 8.26. The van der Waals surface area contributed by atoms with Crippen LogP contribution in [0.25, 0.3) is 5.82 Å². The molecule has 0 radical (unpaired) electrons. The molecular weight excluding hydrogens is 300 g/mol. The van der Waals surface area contributed by atoms with E-state index in [0.717, 1.165) is 48.4 Å². The lowest BCUT2D eigenvalue weighted by Gasteiger charge is -2.25. The maximum atomic E-state index is 4.89. The normalized spacial score (nSPS) is 17.4. The number of pyridine rings is 1. The summed E-state index contributed by atoms with van der Waals surface area (Å²) in [7, 11) is 0. The third-order valence-electron chi connectivity index (χ3n) is 4.48. The molecule has 1 atom stereocenters. The van der Waals surface area contributed by atoms with Crippen LogP contribution in [0.3, 0.4) is 0 Å². The fourth-order valence-corrected chi connectivity index (χ4v) is 3.33. The number of nitrogens with zero attached hydrogens (tertiary/aromatic N) is 6. The van der Waals surface area contributed by atoms with Crippen LogP contribution in [-0.2, 0) is 0 Å². The molecule has 1 fully saturated rings. The minimum atomic E-state index is 0.253. The summed E-state index contributed by atoms with van der Waals surface area (Å²) in [6.45, 7) is 4.91. The molecule has 3 aromatic rings. The van der Waals surface area contributed by atoms with Crippen LogP contribution in [0.5, 0.6) is 0 Å². The van der Waals surface area contributed by atoms with Crippen LogP contribution in [-0.4, -0.2) is 31.0 Å². The lowest BCUT2D eigenvalue weighted by atomic mass is 10.1. The van der Waals surface area contributed by atoms with Gasteiger partial charge in [0.2, 0.25) is 0 Å². The minimum Gasteiger partial charge on any atom is -0.348 e. The Balaban J connectivity index is 1.69. The molecule has 4 rings (SSSR count). The van der Waals surface area contributed by atoms with Gasteiger partial charge in [-0.25, -0.2) is 19.9 Å². The van der Waals surface area contributed by atoms with Gasteiger partial charge >= 0.3 is 0 Å². The van der Waals surface area contributed by atoms with E-state index in [4.69, 9.17) is 4.98 Å². The Kier molecular flexibility index (Phi) is 3.72. The van der Waals surface area contributed by atoms with Crippen molar-refractivity contribution in [1.82, 2.24) is 24.5 Å². The predicted molar refractivity (Wildman–Crippen MR) is 92.2 cm³/mol. The second-order valence-corrected chi connectivity index (χ2v) is 6.08. The molecular formula is C18H20N6. The summed E-state index contributed by atoms with van der Waals surface area (Å²) in [5.41, 5.74) is 1.08. The maximum Gasteiger partial charge on any atom is 0.138 e. The van der Waals surface area contributed by atoms with Crippen LogP contribution in [0.1, 0.15) is 36.2 Å². The van der Waals surface area contributed by atoms with E-state index in [-0.39, 0.29) is 6.04 Å². The van der Waals surface area contributed by atoms with Crippen molar-refractivity contribution in [3.63, 3.8) is 0 Å². The van der Waals surface area contributed by atoms with Gasteiger partial charge < -0.3 is 4.90 Å². The molecule has 0 saturated carbocycles. The van der Waals surface area contributed by atoms with Crippen LogP contribution in [0.4, 0.5) is 5.82 Å². The van der Waals surface area contributed by atoms with E-state index in [9.17, 15) is 0 Å². The van der Waals surface area contributed by atoms with Crippen molar-refractivity contribution >= 4 is 5.82 Å². The molecule has 1 aliphatic rings. The van der Waals surface area contributed by atoms with Crippen LogP contribution >= 0.6 is 0 Å². The predicted octanol–water partition coefficient (Wildman–Crippen LogP) is 3.02. The molecule has 0 spiro atoms. The lowest BCUT2D eigenvalue weighted by Crippen LogP contribution is -2.24. The standard InChI is InChI=1S/C18H20N6/c1-13-19-9-8-18(21-13)24-11-4-6-16(24)15-5-3-7-17(22-15)23-12-10-20-14(23)2/h3,5,7-10,12,16H,4,6,11H2,1-2H3. The van der Waals surface area contributed by atoms with Crippen LogP contribution in [0, 0.1) is 13.8 Å².